The Kier molecular flexibility index (Phi) is 8.22. The summed E-state index contributed by atoms with van der Waals surface area (Å²) in [4.78, 5) is 7.66. The molecule has 1 heterocycles. The molecule has 2 atom stereocenters. The molecule has 7 heteroatoms. The zero-order valence-electron chi connectivity index (χ0n) is 14.6. The number of nitrogens with one attached hydrogen (secondary N) is 3. The number of hydrogen-bond acceptors (Lipinski definition) is 2. The highest BCUT2D eigenvalue weighted by atomic mass is 127. The predicted molar refractivity (Wildman–Crippen MR) is 122 cm³/mol. The van der Waals surface area contributed by atoms with Gasteiger partial charge < -0.3 is 15.6 Å². The van der Waals surface area contributed by atoms with Crippen LogP contribution in [0.2, 0.25) is 5.02 Å². The monoisotopic (exact) mass is 492 g/mol. The van der Waals surface area contributed by atoms with Crippen LogP contribution >= 0.6 is 47.3 Å². The van der Waals surface area contributed by atoms with Gasteiger partial charge in [0.15, 0.2) is 5.96 Å². The Morgan fingerprint density at radius 2 is 2.24 bits per heavy atom. The minimum absolute atomic E-state index is 0. The molecule has 1 aromatic carbocycles. The van der Waals surface area contributed by atoms with E-state index in [9.17, 15) is 0 Å². The first-order valence-electron chi connectivity index (χ1n) is 8.45. The summed E-state index contributed by atoms with van der Waals surface area (Å²) in [6.07, 6.45) is 8.95. The SMILES string of the molecule is CN=C(NCCc1c[nH]c2ccc(Cl)cc12)NC1CCC(SC)C1.I. The number of aliphatic imine (C=N–C) groups is 1. The zero-order valence-corrected chi connectivity index (χ0v) is 18.5. The zero-order chi connectivity index (χ0) is 16.9. The number of halogens is 2. The van der Waals surface area contributed by atoms with Gasteiger partial charge in [0.2, 0.25) is 0 Å². The summed E-state index contributed by atoms with van der Waals surface area (Å²) in [5.41, 5.74) is 2.41. The summed E-state index contributed by atoms with van der Waals surface area (Å²) in [5.74, 6) is 0.902. The van der Waals surface area contributed by atoms with Crippen molar-refractivity contribution in [1.29, 1.82) is 0 Å². The molecule has 0 aliphatic heterocycles. The number of hydrogen-bond donors (Lipinski definition) is 3. The fourth-order valence-corrected chi connectivity index (χ4v) is 4.31. The molecule has 3 rings (SSSR count). The summed E-state index contributed by atoms with van der Waals surface area (Å²) < 4.78 is 0. The number of guanidine groups is 1. The highest BCUT2D eigenvalue weighted by Crippen LogP contribution is 2.28. The van der Waals surface area contributed by atoms with Gasteiger partial charge in [0.25, 0.3) is 0 Å². The maximum absolute atomic E-state index is 6.11. The number of H-pyrrole nitrogens is 1. The molecular formula is C18H26ClIN4S. The molecule has 1 aliphatic carbocycles. The molecule has 3 N–H and O–H groups in total. The van der Waals surface area contributed by atoms with Crippen molar-refractivity contribution >= 4 is 64.2 Å². The van der Waals surface area contributed by atoms with Gasteiger partial charge in [-0.25, -0.2) is 0 Å². The van der Waals surface area contributed by atoms with Gasteiger partial charge in [-0.15, -0.1) is 24.0 Å². The molecule has 0 spiro atoms. The van der Waals surface area contributed by atoms with Crippen LogP contribution in [0.15, 0.2) is 29.4 Å². The molecule has 25 heavy (non-hydrogen) atoms. The number of thioether (sulfide) groups is 1. The van der Waals surface area contributed by atoms with Gasteiger partial charge in [-0.3, -0.25) is 4.99 Å². The largest absolute Gasteiger partial charge is 0.361 e. The van der Waals surface area contributed by atoms with E-state index in [2.05, 4.69) is 33.1 Å². The molecule has 0 bridgehead atoms. The van der Waals surface area contributed by atoms with Crippen LogP contribution < -0.4 is 10.6 Å². The van der Waals surface area contributed by atoms with Crippen molar-refractivity contribution in [3.8, 4) is 0 Å². The molecule has 0 radical (unpaired) electrons. The summed E-state index contributed by atoms with van der Waals surface area (Å²) in [6, 6.07) is 6.51. The lowest BCUT2D eigenvalue weighted by Gasteiger charge is -2.17. The van der Waals surface area contributed by atoms with E-state index >= 15 is 0 Å². The highest BCUT2D eigenvalue weighted by Gasteiger charge is 2.24. The lowest BCUT2D eigenvalue weighted by molar-refractivity contribution is 0.615. The number of benzene rings is 1. The van der Waals surface area contributed by atoms with E-state index in [0.29, 0.717) is 6.04 Å². The molecular weight excluding hydrogens is 467 g/mol. The Morgan fingerprint density at radius 1 is 1.40 bits per heavy atom. The second-order valence-corrected chi connectivity index (χ2v) is 7.84. The van der Waals surface area contributed by atoms with Crippen molar-refractivity contribution < 1.29 is 0 Å². The number of nitrogens with zero attached hydrogens (tertiary/aromatic N) is 1. The van der Waals surface area contributed by atoms with Gasteiger partial charge in [-0.05, 0) is 55.7 Å². The van der Waals surface area contributed by atoms with Crippen LogP contribution in [0.5, 0.6) is 0 Å². The van der Waals surface area contributed by atoms with Crippen molar-refractivity contribution in [2.75, 3.05) is 19.8 Å². The van der Waals surface area contributed by atoms with Crippen LogP contribution in [0.1, 0.15) is 24.8 Å². The second kappa shape index (κ2) is 9.92. The first-order valence-corrected chi connectivity index (χ1v) is 10.1. The van der Waals surface area contributed by atoms with Gasteiger partial charge in [-0.2, -0.15) is 11.8 Å². The minimum Gasteiger partial charge on any atom is -0.361 e. The molecule has 2 unspecified atom stereocenters. The van der Waals surface area contributed by atoms with E-state index in [1.54, 1.807) is 0 Å². The average Bonchev–Trinajstić information content (AvgIpc) is 3.20. The topological polar surface area (TPSA) is 52.2 Å². The third kappa shape index (κ3) is 5.44. The van der Waals surface area contributed by atoms with E-state index in [0.717, 1.165) is 34.7 Å². The van der Waals surface area contributed by atoms with E-state index < -0.39 is 0 Å². The summed E-state index contributed by atoms with van der Waals surface area (Å²) in [5, 5.41) is 9.75. The fourth-order valence-electron chi connectivity index (χ4n) is 3.35. The van der Waals surface area contributed by atoms with Gasteiger partial charge in [0, 0.05) is 47.0 Å². The summed E-state index contributed by atoms with van der Waals surface area (Å²) >= 11 is 8.09. The second-order valence-electron chi connectivity index (χ2n) is 6.26. The summed E-state index contributed by atoms with van der Waals surface area (Å²) in [7, 11) is 1.84. The quantitative estimate of drug-likeness (QED) is 0.329. The smallest absolute Gasteiger partial charge is 0.191 e. The molecule has 1 fully saturated rings. The molecule has 2 aromatic rings. The highest BCUT2D eigenvalue weighted by molar-refractivity contribution is 14.0. The Hall–Kier alpha value is -0.600. The van der Waals surface area contributed by atoms with Gasteiger partial charge in [0.05, 0.1) is 0 Å². The van der Waals surface area contributed by atoms with E-state index in [1.165, 1.54) is 30.2 Å². The van der Waals surface area contributed by atoms with Crippen LogP contribution in [-0.2, 0) is 6.42 Å². The fraction of sp³-hybridized carbons (Fsp3) is 0.500. The lowest BCUT2D eigenvalue weighted by Crippen LogP contribution is -2.43. The number of aromatic amines is 1. The van der Waals surface area contributed by atoms with Crippen molar-refractivity contribution in [2.45, 2.75) is 37.0 Å². The van der Waals surface area contributed by atoms with Crippen molar-refractivity contribution in [3.63, 3.8) is 0 Å². The van der Waals surface area contributed by atoms with E-state index in [-0.39, 0.29) is 24.0 Å². The van der Waals surface area contributed by atoms with Gasteiger partial charge >= 0.3 is 0 Å². The van der Waals surface area contributed by atoms with Crippen LogP contribution in [-0.4, -0.2) is 42.1 Å². The van der Waals surface area contributed by atoms with Crippen LogP contribution in [0.4, 0.5) is 0 Å². The third-order valence-corrected chi connectivity index (χ3v) is 6.03. The van der Waals surface area contributed by atoms with E-state index in [1.807, 2.05) is 37.0 Å². The normalized spacial score (nSPS) is 20.5. The molecule has 0 amide bonds. The lowest BCUT2D eigenvalue weighted by atomic mass is 10.1. The first-order chi connectivity index (χ1) is 11.7. The third-order valence-electron chi connectivity index (χ3n) is 4.70. The summed E-state index contributed by atoms with van der Waals surface area (Å²) in [6.45, 7) is 0.845. The Morgan fingerprint density at radius 3 is 2.96 bits per heavy atom. The standard InChI is InChI=1S/C18H25ClN4S.HI/c1-20-18(23-14-4-5-15(10-14)24-2)21-8-7-12-11-22-17-6-3-13(19)9-16(12)17;/h3,6,9,11,14-15,22H,4-5,7-8,10H2,1-2H3,(H2,20,21,23);1H. The average molecular weight is 493 g/mol. The van der Waals surface area contributed by atoms with Crippen molar-refractivity contribution in [2.24, 2.45) is 4.99 Å². The van der Waals surface area contributed by atoms with Crippen molar-refractivity contribution in [3.05, 3.63) is 35.0 Å². The molecule has 1 aliphatic rings. The maximum atomic E-state index is 6.11. The van der Waals surface area contributed by atoms with Crippen LogP contribution in [0.3, 0.4) is 0 Å². The minimum atomic E-state index is 0. The first kappa shape index (κ1) is 20.7. The van der Waals surface area contributed by atoms with Crippen LogP contribution in [0.25, 0.3) is 10.9 Å². The molecule has 1 aromatic heterocycles. The molecule has 0 saturated heterocycles. The van der Waals surface area contributed by atoms with Crippen molar-refractivity contribution in [1.82, 2.24) is 15.6 Å². The number of fused-ring (bicyclic) bond motifs is 1. The molecule has 138 valence electrons. The Balaban J connectivity index is 0.00000225. The predicted octanol–water partition coefficient (Wildman–Crippen LogP) is 4.43. The number of rotatable bonds is 5. The molecule has 4 nitrogen and oxygen atoms in total. The Labute approximate surface area is 176 Å². The van der Waals surface area contributed by atoms with Gasteiger partial charge in [-0.1, -0.05) is 11.6 Å². The molecule has 1 saturated carbocycles. The van der Waals surface area contributed by atoms with E-state index in [4.69, 9.17) is 11.6 Å². The van der Waals surface area contributed by atoms with Gasteiger partial charge in [0.1, 0.15) is 0 Å². The maximum Gasteiger partial charge on any atom is 0.191 e. The Bertz CT molecular complexity index is 718. The number of aromatic nitrogens is 1. The van der Waals surface area contributed by atoms with Crippen LogP contribution in [0, 0.1) is 0 Å².